The zero-order valence-electron chi connectivity index (χ0n) is 20.5. The predicted octanol–water partition coefficient (Wildman–Crippen LogP) is 0.690. The van der Waals surface area contributed by atoms with E-state index in [0.29, 0.717) is 0 Å². The van der Waals surface area contributed by atoms with E-state index < -0.39 is 56.1 Å². The van der Waals surface area contributed by atoms with E-state index in [1.54, 1.807) is 0 Å². The summed E-state index contributed by atoms with van der Waals surface area (Å²) in [5, 5.41) is 23.4. The van der Waals surface area contributed by atoms with Gasteiger partial charge in [-0.3, -0.25) is 13.9 Å². The number of aliphatic hydroxyl groups excluding tert-OH is 1. The number of carbonyl (C=O) groups is 1. The van der Waals surface area contributed by atoms with Crippen LogP contribution in [0.5, 0.6) is 0 Å². The number of hydrogen-bond donors (Lipinski definition) is 5. The molecule has 1 saturated heterocycles. The summed E-state index contributed by atoms with van der Waals surface area (Å²) in [6, 6.07) is 0.176. The maximum atomic E-state index is 12.5. The maximum Gasteiger partial charge on any atom is 0.403 e. The number of nitrogens with two attached hydrogens (primary N) is 1. The maximum absolute atomic E-state index is 12.5. The second kappa shape index (κ2) is 12.4. The van der Waals surface area contributed by atoms with Crippen molar-refractivity contribution in [3.05, 3.63) is 22.7 Å². The first-order valence-electron chi connectivity index (χ1n) is 11.6. The summed E-state index contributed by atoms with van der Waals surface area (Å²) < 4.78 is 29.3. The molecule has 0 saturated carbocycles. The van der Waals surface area contributed by atoms with Crippen LogP contribution in [0.3, 0.4) is 0 Å². The highest BCUT2D eigenvalue weighted by Crippen LogP contribution is 2.42. The number of esters is 1. The number of nitrogen functional groups attached to an aromatic ring is 1. The topological polar surface area (TPSA) is 195 Å². The Morgan fingerprint density at radius 3 is 2.60 bits per heavy atom. The third kappa shape index (κ3) is 7.81. The molecular formula is C21H37N4O9P. The van der Waals surface area contributed by atoms with Crippen LogP contribution in [0.2, 0.25) is 0 Å². The monoisotopic (exact) mass is 520 g/mol. The van der Waals surface area contributed by atoms with Gasteiger partial charge in [-0.15, -0.1) is 0 Å². The molecule has 0 aromatic carbocycles. The summed E-state index contributed by atoms with van der Waals surface area (Å²) in [4.78, 5) is 38.1. The van der Waals surface area contributed by atoms with E-state index in [-0.39, 0.29) is 18.3 Å². The van der Waals surface area contributed by atoms with Crippen molar-refractivity contribution in [1.29, 1.82) is 0 Å². The molecule has 0 amide bonds. The molecule has 1 aliphatic rings. The molecule has 2 heterocycles. The fourth-order valence-electron chi connectivity index (χ4n) is 3.94. The minimum Gasteiger partial charge on any atom is -0.464 e. The van der Waals surface area contributed by atoms with Gasteiger partial charge in [-0.1, -0.05) is 26.7 Å². The average Bonchev–Trinajstić information content (AvgIpc) is 2.99. The van der Waals surface area contributed by atoms with Crippen LogP contribution in [0, 0.1) is 5.92 Å². The number of hydrogen-bond acceptors (Lipinski definition) is 10. The van der Waals surface area contributed by atoms with Gasteiger partial charge in [0, 0.05) is 6.20 Å². The van der Waals surface area contributed by atoms with Crippen molar-refractivity contribution in [2.24, 2.45) is 5.92 Å². The molecular weight excluding hydrogens is 483 g/mol. The Labute approximate surface area is 204 Å². The molecule has 2 rings (SSSR count). The van der Waals surface area contributed by atoms with Gasteiger partial charge in [-0.2, -0.15) is 4.98 Å². The van der Waals surface area contributed by atoms with Crippen LogP contribution in [-0.4, -0.2) is 67.7 Å². The van der Waals surface area contributed by atoms with E-state index in [4.69, 9.17) is 19.7 Å². The number of ether oxygens (including phenoxy) is 2. The third-order valence-electron chi connectivity index (χ3n) is 5.84. The number of aliphatic hydroxyl groups is 2. The number of anilines is 1. The van der Waals surface area contributed by atoms with Crippen molar-refractivity contribution in [2.45, 2.75) is 83.5 Å². The SMILES string of the molecule is CCCC(CCC)COC(=O)[C@H](C)NP(=O)(O)OC[C@H]1O[C@@H](n2ccc(N)nc2=O)[C@](C)(O)[C@@H]1O. The third-order valence-corrected chi connectivity index (χ3v) is 7.05. The molecule has 0 aliphatic carbocycles. The van der Waals surface area contributed by atoms with Gasteiger partial charge < -0.3 is 30.3 Å². The van der Waals surface area contributed by atoms with Gasteiger partial charge in [0.2, 0.25) is 0 Å². The molecule has 0 spiro atoms. The standard InChI is InChI=1S/C21H37N4O9P/c1-5-7-14(8-6-2)11-32-18(27)13(3)24-35(30,31)33-12-15-17(26)21(4,29)19(34-15)25-10-9-16(22)23-20(25)28/h9-10,13-15,17,19,26,29H,5-8,11-12H2,1-4H3,(H2,22,23,28)(H2,24,30,31)/t13-,15+,17+,19+,21+/m0/s1. The molecule has 1 unspecified atom stereocenters. The van der Waals surface area contributed by atoms with Crippen LogP contribution < -0.4 is 16.5 Å². The largest absolute Gasteiger partial charge is 0.464 e. The molecule has 1 aromatic rings. The predicted molar refractivity (Wildman–Crippen MR) is 126 cm³/mol. The molecule has 14 heteroatoms. The fourth-order valence-corrected chi connectivity index (χ4v) is 4.96. The van der Waals surface area contributed by atoms with Gasteiger partial charge in [0.25, 0.3) is 0 Å². The van der Waals surface area contributed by atoms with Crippen molar-refractivity contribution >= 4 is 19.5 Å². The second-order valence-corrected chi connectivity index (χ2v) is 10.5. The number of rotatable bonds is 13. The summed E-state index contributed by atoms with van der Waals surface area (Å²) in [6.45, 7) is 6.30. The van der Waals surface area contributed by atoms with Crippen molar-refractivity contribution in [3.63, 3.8) is 0 Å². The lowest BCUT2D eigenvalue weighted by atomic mass is 9.96. The molecule has 6 atom stereocenters. The van der Waals surface area contributed by atoms with Crippen LogP contribution in [0.25, 0.3) is 0 Å². The quantitative estimate of drug-likeness (QED) is 0.181. The van der Waals surface area contributed by atoms with E-state index in [1.165, 1.54) is 26.1 Å². The Bertz CT molecular complexity index is 951. The minimum atomic E-state index is -4.52. The van der Waals surface area contributed by atoms with Crippen LogP contribution in [0.4, 0.5) is 5.82 Å². The van der Waals surface area contributed by atoms with Crippen molar-refractivity contribution in [3.8, 4) is 0 Å². The van der Waals surface area contributed by atoms with Gasteiger partial charge in [0.05, 0.1) is 13.2 Å². The fraction of sp³-hybridized carbons (Fsp3) is 0.762. The zero-order chi connectivity index (χ0) is 26.4. The Balaban J connectivity index is 1.95. The summed E-state index contributed by atoms with van der Waals surface area (Å²) >= 11 is 0. The van der Waals surface area contributed by atoms with Gasteiger partial charge in [-0.05, 0) is 38.7 Å². The van der Waals surface area contributed by atoms with Crippen molar-refractivity contribution < 1.29 is 38.5 Å². The molecule has 1 aromatic heterocycles. The van der Waals surface area contributed by atoms with E-state index in [1.807, 2.05) is 13.8 Å². The van der Waals surface area contributed by atoms with Crippen molar-refractivity contribution in [1.82, 2.24) is 14.6 Å². The summed E-state index contributed by atoms with van der Waals surface area (Å²) in [6.07, 6.45) is 0.795. The van der Waals surface area contributed by atoms with E-state index >= 15 is 0 Å². The summed E-state index contributed by atoms with van der Waals surface area (Å²) in [5.74, 6) is -0.505. The Kier molecular flexibility index (Phi) is 10.4. The molecule has 0 bridgehead atoms. The first-order valence-corrected chi connectivity index (χ1v) is 13.2. The molecule has 0 radical (unpaired) electrons. The minimum absolute atomic E-state index is 0.0319. The Morgan fingerprint density at radius 2 is 2.03 bits per heavy atom. The second-order valence-electron chi connectivity index (χ2n) is 8.98. The molecule has 1 fully saturated rings. The smallest absolute Gasteiger partial charge is 0.403 e. The highest BCUT2D eigenvalue weighted by molar-refractivity contribution is 7.50. The Hall–Kier alpha value is -1.86. The number of carbonyl (C=O) groups excluding carboxylic acids is 1. The van der Waals surface area contributed by atoms with E-state index in [2.05, 4.69) is 10.1 Å². The van der Waals surface area contributed by atoms with Crippen LogP contribution in [0.15, 0.2) is 17.1 Å². The Morgan fingerprint density at radius 1 is 1.40 bits per heavy atom. The molecule has 200 valence electrons. The zero-order valence-corrected chi connectivity index (χ0v) is 21.4. The van der Waals surface area contributed by atoms with Gasteiger partial charge in [0.15, 0.2) is 6.23 Å². The average molecular weight is 521 g/mol. The van der Waals surface area contributed by atoms with Gasteiger partial charge in [0.1, 0.15) is 29.7 Å². The molecule has 35 heavy (non-hydrogen) atoms. The van der Waals surface area contributed by atoms with Crippen LogP contribution >= 0.6 is 7.75 Å². The summed E-state index contributed by atoms with van der Waals surface area (Å²) in [7, 11) is -4.52. The lowest BCUT2D eigenvalue weighted by Crippen LogP contribution is -2.46. The van der Waals surface area contributed by atoms with Gasteiger partial charge in [-0.25, -0.2) is 14.4 Å². The lowest BCUT2D eigenvalue weighted by molar-refractivity contribution is -0.146. The van der Waals surface area contributed by atoms with Crippen LogP contribution in [0.1, 0.15) is 59.6 Å². The normalized spacial score (nSPS) is 27.0. The van der Waals surface area contributed by atoms with Gasteiger partial charge >= 0.3 is 19.4 Å². The lowest BCUT2D eigenvalue weighted by Gasteiger charge is -2.27. The molecule has 6 N–H and O–H groups in total. The van der Waals surface area contributed by atoms with Crippen molar-refractivity contribution in [2.75, 3.05) is 18.9 Å². The highest BCUT2D eigenvalue weighted by atomic mass is 31.2. The first-order chi connectivity index (χ1) is 16.3. The van der Waals surface area contributed by atoms with E-state index in [9.17, 15) is 29.3 Å². The van der Waals surface area contributed by atoms with E-state index in [0.717, 1.165) is 30.3 Å². The molecule has 13 nitrogen and oxygen atoms in total. The summed E-state index contributed by atoms with van der Waals surface area (Å²) in [5.41, 5.74) is 2.70. The first kappa shape index (κ1) is 29.4. The molecule has 1 aliphatic heterocycles. The number of nitrogens with zero attached hydrogens (tertiary/aromatic N) is 2. The highest BCUT2D eigenvalue weighted by Gasteiger charge is 2.54. The number of nitrogens with one attached hydrogen (secondary N) is 1. The number of aromatic nitrogens is 2. The van der Waals surface area contributed by atoms with Crippen LogP contribution in [-0.2, 0) is 23.4 Å².